The summed E-state index contributed by atoms with van der Waals surface area (Å²) in [6, 6.07) is 4.12. The maximum atomic E-state index is 13.2. The van der Waals surface area contributed by atoms with Crippen molar-refractivity contribution in [1.29, 1.82) is 0 Å². The molecule has 2 heterocycles. The van der Waals surface area contributed by atoms with Crippen molar-refractivity contribution in [3.05, 3.63) is 41.8 Å². The lowest BCUT2D eigenvalue weighted by atomic mass is 10.1. The summed E-state index contributed by atoms with van der Waals surface area (Å²) >= 11 is 6.21. The molecule has 3 rings (SSSR count). The first-order chi connectivity index (χ1) is 10.3. The minimum Gasteiger partial charge on any atom is -0.435 e. The first-order valence-electron chi connectivity index (χ1n) is 6.69. The van der Waals surface area contributed by atoms with E-state index >= 15 is 0 Å². The van der Waals surface area contributed by atoms with Crippen molar-refractivity contribution in [2.24, 2.45) is 0 Å². The van der Waals surface area contributed by atoms with E-state index < -0.39 is 0 Å². The van der Waals surface area contributed by atoms with Gasteiger partial charge in [0.1, 0.15) is 22.1 Å². The largest absolute Gasteiger partial charge is 0.435 e. The summed E-state index contributed by atoms with van der Waals surface area (Å²) in [5.74, 6) is -0.159. The molecule has 0 amide bonds. The van der Waals surface area contributed by atoms with E-state index in [1.54, 1.807) is 17.0 Å². The van der Waals surface area contributed by atoms with Gasteiger partial charge in [-0.25, -0.2) is 14.1 Å². The third-order valence-electron chi connectivity index (χ3n) is 3.03. The van der Waals surface area contributed by atoms with Gasteiger partial charge >= 0.3 is 0 Å². The molecule has 0 aliphatic heterocycles. The van der Waals surface area contributed by atoms with Crippen LogP contribution in [0.4, 0.5) is 4.39 Å². The van der Waals surface area contributed by atoms with E-state index in [1.165, 1.54) is 18.2 Å². The number of oxazole rings is 1. The predicted octanol–water partition coefficient (Wildman–Crippen LogP) is 4.05. The summed E-state index contributed by atoms with van der Waals surface area (Å²) in [5.41, 5.74) is 1.32. The van der Waals surface area contributed by atoms with Crippen LogP contribution in [0.25, 0.3) is 22.2 Å². The smallest absolute Gasteiger partial charge is 0.239 e. The number of benzene rings is 1. The lowest BCUT2D eigenvalue weighted by Crippen LogP contribution is -2.22. The maximum Gasteiger partial charge on any atom is 0.239 e. The molecule has 0 spiro atoms. The van der Waals surface area contributed by atoms with Gasteiger partial charge in [-0.3, -0.25) is 0 Å². The number of rotatable bonds is 2. The van der Waals surface area contributed by atoms with Crippen LogP contribution in [0.2, 0.25) is 0 Å². The second kappa shape index (κ2) is 5.21. The summed E-state index contributed by atoms with van der Waals surface area (Å²) in [6.45, 7) is 6.06. The molecule has 1 aromatic carbocycles. The van der Waals surface area contributed by atoms with Crippen LogP contribution < -0.4 is 0 Å². The second-order valence-corrected chi connectivity index (χ2v) is 6.29. The molecule has 2 aromatic heterocycles. The van der Waals surface area contributed by atoms with Crippen LogP contribution in [-0.2, 0) is 5.54 Å². The molecule has 0 saturated carbocycles. The molecule has 0 saturated heterocycles. The number of hydrogen-bond acceptors (Lipinski definition) is 4. The Hall–Kier alpha value is -2.21. The summed E-state index contributed by atoms with van der Waals surface area (Å²) in [4.78, 5) is 4.16. The molecule has 5 nitrogen and oxygen atoms in total. The van der Waals surface area contributed by atoms with E-state index in [-0.39, 0.29) is 22.3 Å². The molecule has 22 heavy (non-hydrogen) atoms. The Bertz CT molecular complexity index is 860. The fourth-order valence-corrected chi connectivity index (χ4v) is 2.06. The van der Waals surface area contributed by atoms with Gasteiger partial charge in [-0.2, -0.15) is 0 Å². The fraction of sp³-hybridized carbons (Fsp3) is 0.267. The monoisotopic (exact) mass is 320 g/mol. The number of hydrogen-bond donors (Lipinski definition) is 0. The third-order valence-corrected chi connectivity index (χ3v) is 3.30. The zero-order chi connectivity index (χ0) is 15.9. The Morgan fingerprint density at radius 2 is 2.14 bits per heavy atom. The van der Waals surface area contributed by atoms with Gasteiger partial charge in [0.05, 0.1) is 11.7 Å². The van der Waals surface area contributed by atoms with E-state index in [1.807, 2.05) is 20.8 Å². The van der Waals surface area contributed by atoms with Crippen LogP contribution >= 0.6 is 11.6 Å². The van der Waals surface area contributed by atoms with Gasteiger partial charge in [-0.15, -0.1) is 5.10 Å². The van der Waals surface area contributed by atoms with Crippen molar-refractivity contribution < 1.29 is 8.81 Å². The topological polar surface area (TPSA) is 56.7 Å². The van der Waals surface area contributed by atoms with Crippen molar-refractivity contribution in [3.63, 3.8) is 0 Å². The molecule has 0 radical (unpaired) electrons. The van der Waals surface area contributed by atoms with Crippen molar-refractivity contribution in [3.8, 4) is 0 Å². The van der Waals surface area contributed by atoms with Crippen LogP contribution in [0.5, 0.6) is 0 Å². The third kappa shape index (κ3) is 2.87. The van der Waals surface area contributed by atoms with Gasteiger partial charge in [-0.05, 0) is 39.0 Å². The fourth-order valence-electron chi connectivity index (χ4n) is 1.87. The average Bonchev–Trinajstić information content (AvgIpc) is 3.03. The molecule has 0 aliphatic rings. The van der Waals surface area contributed by atoms with E-state index in [2.05, 4.69) is 15.3 Å². The lowest BCUT2D eigenvalue weighted by Gasteiger charge is -2.17. The standard InChI is InChI=1S/C15H14ClFN4O/c1-15(2,3)21-8-10(19-20-21)7-11(16)14-18-12-6-9(17)4-5-13(12)22-14/h4-8H,1-3H3/b11-7-. The summed E-state index contributed by atoms with van der Waals surface area (Å²) in [7, 11) is 0. The SMILES string of the molecule is CC(C)(C)n1cc(/C=C(\Cl)c2nc3cc(F)ccc3o2)nn1. The van der Waals surface area contributed by atoms with Gasteiger partial charge in [-0.1, -0.05) is 16.8 Å². The van der Waals surface area contributed by atoms with Gasteiger partial charge < -0.3 is 4.42 Å². The Morgan fingerprint density at radius 1 is 1.36 bits per heavy atom. The summed E-state index contributed by atoms with van der Waals surface area (Å²) in [6.07, 6.45) is 3.39. The minimum atomic E-state index is -0.374. The Kier molecular flexibility index (Phi) is 3.48. The van der Waals surface area contributed by atoms with E-state index in [4.69, 9.17) is 16.0 Å². The highest BCUT2D eigenvalue weighted by atomic mass is 35.5. The van der Waals surface area contributed by atoms with Gasteiger partial charge in [0.2, 0.25) is 5.89 Å². The summed E-state index contributed by atoms with van der Waals surface area (Å²) < 4.78 is 20.4. The first-order valence-corrected chi connectivity index (χ1v) is 7.07. The van der Waals surface area contributed by atoms with E-state index in [0.29, 0.717) is 16.8 Å². The molecule has 0 bridgehead atoms. The van der Waals surface area contributed by atoms with Crippen LogP contribution in [0.15, 0.2) is 28.8 Å². The average molecular weight is 321 g/mol. The molecule has 0 fully saturated rings. The number of halogens is 2. The van der Waals surface area contributed by atoms with Crippen LogP contribution in [-0.4, -0.2) is 20.0 Å². The van der Waals surface area contributed by atoms with E-state index in [9.17, 15) is 4.39 Å². The molecule has 0 N–H and O–H groups in total. The van der Waals surface area contributed by atoms with Gasteiger partial charge in [0.25, 0.3) is 0 Å². The van der Waals surface area contributed by atoms with Crippen molar-refractivity contribution in [1.82, 2.24) is 20.0 Å². The molecular weight excluding hydrogens is 307 g/mol. The molecular formula is C15H14ClFN4O. The molecule has 114 valence electrons. The first kappa shape index (κ1) is 14.7. The second-order valence-electron chi connectivity index (χ2n) is 5.88. The number of nitrogens with zero attached hydrogens (tertiary/aromatic N) is 4. The predicted molar refractivity (Wildman–Crippen MR) is 82.7 cm³/mol. The Morgan fingerprint density at radius 3 is 2.82 bits per heavy atom. The number of fused-ring (bicyclic) bond motifs is 1. The molecule has 7 heteroatoms. The normalized spacial score (nSPS) is 13.0. The zero-order valence-corrected chi connectivity index (χ0v) is 13.1. The van der Waals surface area contributed by atoms with Gasteiger partial charge in [0.15, 0.2) is 5.58 Å². The maximum absolute atomic E-state index is 13.2. The van der Waals surface area contributed by atoms with Crippen LogP contribution in [0, 0.1) is 5.82 Å². The molecule has 0 atom stereocenters. The number of aromatic nitrogens is 4. The minimum absolute atomic E-state index is 0.166. The van der Waals surface area contributed by atoms with Crippen molar-refractivity contribution >= 4 is 33.8 Å². The quantitative estimate of drug-likeness (QED) is 0.714. The zero-order valence-electron chi connectivity index (χ0n) is 12.3. The summed E-state index contributed by atoms with van der Waals surface area (Å²) in [5, 5.41) is 8.37. The Balaban J connectivity index is 1.94. The van der Waals surface area contributed by atoms with Crippen LogP contribution in [0.1, 0.15) is 32.4 Å². The molecule has 0 aliphatic carbocycles. The molecule has 0 unspecified atom stereocenters. The highest BCUT2D eigenvalue weighted by molar-refractivity contribution is 6.50. The van der Waals surface area contributed by atoms with Crippen molar-refractivity contribution in [2.45, 2.75) is 26.3 Å². The Labute approximate surface area is 131 Å². The van der Waals surface area contributed by atoms with Gasteiger partial charge in [0, 0.05) is 6.07 Å². The van der Waals surface area contributed by atoms with Crippen molar-refractivity contribution in [2.75, 3.05) is 0 Å². The molecule has 3 aromatic rings. The van der Waals surface area contributed by atoms with Crippen LogP contribution in [0.3, 0.4) is 0 Å². The highest BCUT2D eigenvalue weighted by Gasteiger charge is 2.15. The highest BCUT2D eigenvalue weighted by Crippen LogP contribution is 2.26. The lowest BCUT2D eigenvalue weighted by molar-refractivity contribution is 0.347. The van der Waals surface area contributed by atoms with E-state index in [0.717, 1.165) is 0 Å².